The second-order valence-corrected chi connectivity index (χ2v) is 5.98. The zero-order chi connectivity index (χ0) is 13.9. The third-order valence-corrected chi connectivity index (χ3v) is 4.89. The summed E-state index contributed by atoms with van der Waals surface area (Å²) >= 11 is 1.59. The first kappa shape index (κ1) is 13.9. The maximum absolute atomic E-state index is 12.3. The minimum atomic E-state index is -0.317. The van der Waals surface area contributed by atoms with Crippen LogP contribution in [0.1, 0.15) is 28.9 Å². The van der Waals surface area contributed by atoms with Gasteiger partial charge in [-0.05, 0) is 38.2 Å². The van der Waals surface area contributed by atoms with Crippen LogP contribution in [0.25, 0.3) is 0 Å². The van der Waals surface area contributed by atoms with Gasteiger partial charge < -0.3 is 4.90 Å². The Labute approximate surface area is 117 Å². The minimum absolute atomic E-state index is 0.0140. The summed E-state index contributed by atoms with van der Waals surface area (Å²) in [6, 6.07) is 6.04. The third-order valence-electron chi connectivity index (χ3n) is 3.61. The molecule has 2 rings (SSSR count). The van der Waals surface area contributed by atoms with Crippen LogP contribution in [-0.4, -0.2) is 39.9 Å². The molecule has 4 nitrogen and oxygen atoms in total. The van der Waals surface area contributed by atoms with Crippen molar-refractivity contribution in [3.05, 3.63) is 29.6 Å². The van der Waals surface area contributed by atoms with Gasteiger partial charge in [-0.1, -0.05) is 0 Å². The molecule has 1 aromatic rings. The van der Waals surface area contributed by atoms with Crippen LogP contribution < -0.4 is 0 Å². The van der Waals surface area contributed by atoms with Crippen molar-refractivity contribution in [3.63, 3.8) is 0 Å². The largest absolute Gasteiger partial charge is 0.338 e. The SMILES string of the molecule is CSC1(C#N)CCN(C(=O)c2ccc(C)nc2)CC1. The highest BCUT2D eigenvalue weighted by Gasteiger charge is 2.35. The lowest BCUT2D eigenvalue weighted by Gasteiger charge is -2.36. The van der Waals surface area contributed by atoms with Crippen molar-refractivity contribution in [3.8, 4) is 6.07 Å². The van der Waals surface area contributed by atoms with Crippen molar-refractivity contribution in [1.29, 1.82) is 5.26 Å². The van der Waals surface area contributed by atoms with E-state index in [-0.39, 0.29) is 10.7 Å². The molecule has 0 N–H and O–H groups in total. The molecule has 0 unspecified atom stereocenters. The summed E-state index contributed by atoms with van der Waals surface area (Å²) < 4.78 is -0.317. The molecule has 1 saturated heterocycles. The number of rotatable bonds is 2. The Morgan fingerprint density at radius 3 is 2.63 bits per heavy atom. The van der Waals surface area contributed by atoms with Crippen LogP contribution in [0.2, 0.25) is 0 Å². The summed E-state index contributed by atoms with van der Waals surface area (Å²) in [5, 5.41) is 9.23. The topological polar surface area (TPSA) is 57.0 Å². The highest BCUT2D eigenvalue weighted by molar-refractivity contribution is 8.00. The molecule has 1 amide bonds. The number of aryl methyl sites for hydroxylation is 1. The van der Waals surface area contributed by atoms with Gasteiger partial charge in [-0.3, -0.25) is 9.78 Å². The first-order chi connectivity index (χ1) is 9.10. The second-order valence-electron chi connectivity index (χ2n) is 4.79. The number of carbonyl (C=O) groups is 1. The number of thioether (sulfide) groups is 1. The minimum Gasteiger partial charge on any atom is -0.338 e. The fourth-order valence-electron chi connectivity index (χ4n) is 2.21. The summed E-state index contributed by atoms with van der Waals surface area (Å²) in [6.07, 6.45) is 5.05. The highest BCUT2D eigenvalue weighted by atomic mass is 32.2. The molecule has 0 bridgehead atoms. The summed E-state index contributed by atoms with van der Waals surface area (Å²) in [4.78, 5) is 18.3. The standard InChI is InChI=1S/C14H17N3OS/c1-11-3-4-12(9-16-11)13(18)17-7-5-14(10-15,19-2)6-8-17/h3-4,9H,5-8H2,1-2H3. The van der Waals surface area contributed by atoms with E-state index < -0.39 is 0 Å². The average Bonchev–Trinajstić information content (AvgIpc) is 2.47. The number of hydrogen-bond acceptors (Lipinski definition) is 4. The van der Waals surface area contributed by atoms with E-state index in [0.29, 0.717) is 18.7 Å². The Kier molecular flexibility index (Phi) is 4.11. The molecular weight excluding hydrogens is 258 g/mol. The van der Waals surface area contributed by atoms with Crippen LogP contribution in [0.3, 0.4) is 0 Å². The van der Waals surface area contributed by atoms with Crippen molar-refractivity contribution < 1.29 is 4.79 Å². The third kappa shape index (κ3) is 2.90. The molecule has 1 aliphatic rings. The van der Waals surface area contributed by atoms with E-state index >= 15 is 0 Å². The van der Waals surface area contributed by atoms with Crippen LogP contribution in [0, 0.1) is 18.3 Å². The lowest BCUT2D eigenvalue weighted by molar-refractivity contribution is 0.0716. The molecule has 5 heteroatoms. The molecule has 1 aromatic heterocycles. The zero-order valence-corrected chi connectivity index (χ0v) is 12.0. The molecule has 0 radical (unpaired) electrons. The smallest absolute Gasteiger partial charge is 0.255 e. The molecule has 0 spiro atoms. The van der Waals surface area contributed by atoms with Gasteiger partial charge >= 0.3 is 0 Å². The van der Waals surface area contributed by atoms with Gasteiger partial charge in [-0.2, -0.15) is 5.26 Å². The van der Waals surface area contributed by atoms with Gasteiger partial charge in [0.1, 0.15) is 4.75 Å². The molecule has 0 aliphatic carbocycles. The predicted octanol–water partition coefficient (Wildman–Crippen LogP) is 2.25. The lowest BCUT2D eigenvalue weighted by Crippen LogP contribution is -2.44. The van der Waals surface area contributed by atoms with E-state index in [1.165, 1.54) is 0 Å². The average molecular weight is 275 g/mol. The molecular formula is C14H17N3OS. The maximum Gasteiger partial charge on any atom is 0.255 e. The maximum atomic E-state index is 12.3. The van der Waals surface area contributed by atoms with Crippen LogP contribution in [0.15, 0.2) is 18.3 Å². The molecule has 2 heterocycles. The van der Waals surface area contributed by atoms with E-state index in [1.54, 1.807) is 18.0 Å². The van der Waals surface area contributed by atoms with E-state index in [0.717, 1.165) is 18.5 Å². The van der Waals surface area contributed by atoms with Gasteiger partial charge in [0.25, 0.3) is 5.91 Å². The number of carbonyl (C=O) groups excluding carboxylic acids is 1. The lowest BCUT2D eigenvalue weighted by atomic mass is 9.97. The monoisotopic (exact) mass is 275 g/mol. The molecule has 1 aliphatic heterocycles. The molecule has 0 aromatic carbocycles. The summed E-state index contributed by atoms with van der Waals surface area (Å²) in [5.74, 6) is 0.0140. The van der Waals surface area contributed by atoms with Gasteiger partial charge in [-0.15, -0.1) is 11.8 Å². The summed E-state index contributed by atoms with van der Waals surface area (Å²) in [7, 11) is 0. The molecule has 0 saturated carbocycles. The fraction of sp³-hybridized carbons (Fsp3) is 0.500. The number of amides is 1. The van der Waals surface area contributed by atoms with Gasteiger partial charge in [0.2, 0.25) is 0 Å². The fourth-order valence-corrected chi connectivity index (χ4v) is 2.89. The van der Waals surface area contributed by atoms with E-state index in [1.807, 2.05) is 30.2 Å². The number of hydrogen-bond donors (Lipinski definition) is 0. The number of nitrogens with zero attached hydrogens (tertiary/aromatic N) is 3. The Balaban J connectivity index is 2.04. The predicted molar refractivity (Wildman–Crippen MR) is 76.0 cm³/mol. The van der Waals surface area contributed by atoms with E-state index in [4.69, 9.17) is 0 Å². The second kappa shape index (κ2) is 5.62. The van der Waals surface area contributed by atoms with Crippen LogP contribution in [0.4, 0.5) is 0 Å². The Morgan fingerprint density at radius 1 is 1.47 bits per heavy atom. The highest BCUT2D eigenvalue weighted by Crippen LogP contribution is 2.34. The summed E-state index contributed by atoms with van der Waals surface area (Å²) in [6.45, 7) is 3.18. The van der Waals surface area contributed by atoms with Crippen molar-refractivity contribution >= 4 is 17.7 Å². The van der Waals surface area contributed by atoms with Gasteiger partial charge in [0, 0.05) is 25.0 Å². The van der Waals surface area contributed by atoms with Crippen molar-refractivity contribution in [2.45, 2.75) is 24.5 Å². The van der Waals surface area contributed by atoms with Gasteiger partial charge in [0.05, 0.1) is 11.6 Å². The first-order valence-electron chi connectivity index (χ1n) is 6.28. The van der Waals surface area contributed by atoms with Crippen molar-refractivity contribution in [1.82, 2.24) is 9.88 Å². The number of pyridine rings is 1. The molecule has 100 valence electrons. The molecule has 1 fully saturated rings. The van der Waals surface area contributed by atoms with Crippen LogP contribution >= 0.6 is 11.8 Å². The Bertz CT molecular complexity index is 498. The number of piperidine rings is 1. The number of nitriles is 1. The Hall–Kier alpha value is -1.54. The first-order valence-corrected chi connectivity index (χ1v) is 7.51. The van der Waals surface area contributed by atoms with Crippen LogP contribution in [-0.2, 0) is 0 Å². The van der Waals surface area contributed by atoms with Crippen molar-refractivity contribution in [2.75, 3.05) is 19.3 Å². The van der Waals surface area contributed by atoms with E-state index in [9.17, 15) is 10.1 Å². The Morgan fingerprint density at radius 2 is 2.16 bits per heavy atom. The van der Waals surface area contributed by atoms with Crippen molar-refractivity contribution in [2.24, 2.45) is 0 Å². The van der Waals surface area contributed by atoms with Gasteiger partial charge in [0.15, 0.2) is 0 Å². The number of aromatic nitrogens is 1. The van der Waals surface area contributed by atoms with Crippen LogP contribution in [0.5, 0.6) is 0 Å². The molecule has 0 atom stereocenters. The normalized spacial score (nSPS) is 17.8. The summed E-state index contributed by atoms with van der Waals surface area (Å²) in [5.41, 5.74) is 1.53. The quantitative estimate of drug-likeness (QED) is 0.830. The zero-order valence-electron chi connectivity index (χ0n) is 11.2. The van der Waals surface area contributed by atoms with Gasteiger partial charge in [-0.25, -0.2) is 0 Å². The molecule has 19 heavy (non-hydrogen) atoms. The number of likely N-dealkylation sites (tertiary alicyclic amines) is 1. The van der Waals surface area contributed by atoms with E-state index in [2.05, 4.69) is 11.1 Å².